The maximum atomic E-state index is 2.31. The van der Waals surface area contributed by atoms with Crippen LogP contribution in [0.2, 0.25) is 0 Å². The molecule has 1 atom stereocenters. The molecule has 0 aromatic rings. The molecule has 11 heavy (non-hydrogen) atoms. The molecule has 1 saturated heterocycles. The molecule has 0 amide bonds. The Balaban J connectivity index is 2.89. The van der Waals surface area contributed by atoms with Gasteiger partial charge in [0.15, 0.2) is 0 Å². The topological polar surface area (TPSA) is 9.49 Å². The number of hydrogen-bond donors (Lipinski definition) is 0. The molecule has 0 aromatic heterocycles. The average molecular weight is 156 g/mol. The summed E-state index contributed by atoms with van der Waals surface area (Å²) in [6, 6.07) is 0.636. The van der Waals surface area contributed by atoms with E-state index < -0.39 is 0 Å². The lowest BCUT2D eigenvalue weighted by Crippen LogP contribution is -2.36. The van der Waals surface area contributed by atoms with Crippen molar-refractivity contribution in [2.24, 2.45) is 0 Å². The molecule has 64 valence electrons. The van der Waals surface area contributed by atoms with Gasteiger partial charge in [0.1, 0.15) is 6.04 Å². The van der Waals surface area contributed by atoms with Crippen molar-refractivity contribution in [2.75, 3.05) is 34.7 Å². The van der Waals surface area contributed by atoms with E-state index in [1.54, 1.807) is 0 Å². The van der Waals surface area contributed by atoms with Crippen LogP contribution in [0.4, 0.5) is 0 Å². The van der Waals surface area contributed by atoms with Crippen LogP contribution in [0.15, 0.2) is 0 Å². The Morgan fingerprint density at radius 3 is 2.09 bits per heavy atom. The Hall–Kier alpha value is -0.730. The molecule has 0 aromatic carbocycles. The van der Waals surface area contributed by atoms with Crippen molar-refractivity contribution in [3.05, 3.63) is 0 Å². The lowest BCUT2D eigenvalue weighted by Gasteiger charge is -2.12. The summed E-state index contributed by atoms with van der Waals surface area (Å²) in [4.78, 5) is 4.59. The summed E-state index contributed by atoms with van der Waals surface area (Å²) in [5.74, 6) is 1.30. The largest absolute Gasteiger partial charge is 0.350 e. The van der Waals surface area contributed by atoms with Gasteiger partial charge in [0, 0.05) is 0 Å². The SMILES string of the molecule is CC1CN(C)C(=[N+](C)C)N1C. The molecule has 1 aliphatic rings. The fourth-order valence-electron chi connectivity index (χ4n) is 1.72. The first kappa shape index (κ1) is 8.37. The van der Waals surface area contributed by atoms with Gasteiger partial charge in [-0.1, -0.05) is 0 Å². The second-order valence-electron chi connectivity index (χ2n) is 3.53. The van der Waals surface area contributed by atoms with Crippen LogP contribution < -0.4 is 0 Å². The first-order valence-electron chi connectivity index (χ1n) is 4.02. The first-order chi connectivity index (χ1) is 5.04. The smallest absolute Gasteiger partial charge is 0.270 e. The molecule has 1 unspecified atom stereocenters. The van der Waals surface area contributed by atoms with Gasteiger partial charge < -0.3 is 0 Å². The number of likely N-dealkylation sites (N-methyl/N-ethyl adjacent to an activating group) is 2. The molecule has 1 aliphatic heterocycles. The Kier molecular flexibility index (Phi) is 2.07. The minimum absolute atomic E-state index is 0.636. The number of guanidine groups is 1. The molecule has 0 aliphatic carbocycles. The Labute approximate surface area is 68.9 Å². The zero-order valence-corrected chi connectivity index (χ0v) is 8.13. The number of hydrogen-bond acceptors (Lipinski definition) is 0. The summed E-state index contributed by atoms with van der Waals surface area (Å²) in [6.45, 7) is 3.37. The maximum absolute atomic E-state index is 2.31. The van der Waals surface area contributed by atoms with Gasteiger partial charge in [-0.05, 0) is 6.92 Å². The van der Waals surface area contributed by atoms with Crippen molar-refractivity contribution in [1.82, 2.24) is 9.80 Å². The van der Waals surface area contributed by atoms with Crippen LogP contribution in [0.5, 0.6) is 0 Å². The van der Waals surface area contributed by atoms with E-state index in [1.807, 2.05) is 0 Å². The van der Waals surface area contributed by atoms with E-state index in [9.17, 15) is 0 Å². The molecule has 0 N–H and O–H groups in total. The summed E-state index contributed by atoms with van der Waals surface area (Å²) < 4.78 is 2.16. The highest BCUT2D eigenvalue weighted by atomic mass is 15.4. The average Bonchev–Trinajstić information content (AvgIpc) is 2.07. The third-order valence-electron chi connectivity index (χ3n) is 2.26. The molecule has 3 nitrogen and oxygen atoms in total. The maximum Gasteiger partial charge on any atom is 0.350 e. The van der Waals surface area contributed by atoms with E-state index in [0.29, 0.717) is 6.04 Å². The second-order valence-corrected chi connectivity index (χ2v) is 3.53. The van der Waals surface area contributed by atoms with Crippen molar-refractivity contribution in [3.63, 3.8) is 0 Å². The van der Waals surface area contributed by atoms with Gasteiger partial charge in [0.05, 0.1) is 34.7 Å². The molecule has 0 saturated carbocycles. The summed E-state index contributed by atoms with van der Waals surface area (Å²) in [7, 11) is 8.44. The predicted molar refractivity (Wildman–Crippen MR) is 47.0 cm³/mol. The van der Waals surface area contributed by atoms with Crippen LogP contribution >= 0.6 is 0 Å². The van der Waals surface area contributed by atoms with Gasteiger partial charge in [-0.15, -0.1) is 0 Å². The molecular formula is C8H18N3+. The fourth-order valence-corrected chi connectivity index (χ4v) is 1.72. The zero-order chi connectivity index (χ0) is 8.59. The van der Waals surface area contributed by atoms with Gasteiger partial charge >= 0.3 is 5.96 Å². The normalized spacial score (nSPS) is 24.8. The number of nitrogens with zero attached hydrogens (tertiary/aromatic N) is 3. The van der Waals surface area contributed by atoms with Gasteiger partial charge in [0.25, 0.3) is 0 Å². The van der Waals surface area contributed by atoms with E-state index in [-0.39, 0.29) is 0 Å². The van der Waals surface area contributed by atoms with Crippen molar-refractivity contribution in [3.8, 4) is 0 Å². The molecule has 0 radical (unpaired) electrons. The van der Waals surface area contributed by atoms with Crippen molar-refractivity contribution in [2.45, 2.75) is 13.0 Å². The minimum atomic E-state index is 0.636. The number of rotatable bonds is 0. The van der Waals surface area contributed by atoms with E-state index in [0.717, 1.165) is 6.54 Å². The highest BCUT2D eigenvalue weighted by Gasteiger charge is 2.35. The van der Waals surface area contributed by atoms with Crippen LogP contribution in [-0.2, 0) is 0 Å². The molecule has 3 heteroatoms. The summed E-state index contributed by atoms with van der Waals surface area (Å²) >= 11 is 0. The van der Waals surface area contributed by atoms with Gasteiger partial charge in [-0.2, -0.15) is 0 Å². The standard InChI is InChI=1S/C8H18N3/c1-7-6-10(4)8(9(2)3)11(7)5/h7H,6H2,1-5H3/q+1. The third kappa shape index (κ3) is 1.32. The molecule has 0 bridgehead atoms. The van der Waals surface area contributed by atoms with Crippen LogP contribution in [0, 0.1) is 0 Å². The Bertz CT molecular complexity index is 182. The van der Waals surface area contributed by atoms with Gasteiger partial charge in [0.2, 0.25) is 0 Å². The van der Waals surface area contributed by atoms with Crippen LogP contribution in [0.1, 0.15) is 6.92 Å². The van der Waals surface area contributed by atoms with E-state index >= 15 is 0 Å². The minimum Gasteiger partial charge on any atom is -0.270 e. The lowest BCUT2D eigenvalue weighted by molar-refractivity contribution is -0.474. The predicted octanol–water partition coefficient (Wildman–Crippen LogP) is -0.120. The van der Waals surface area contributed by atoms with Crippen LogP contribution in [0.25, 0.3) is 0 Å². The molecule has 1 heterocycles. The van der Waals surface area contributed by atoms with E-state index in [1.165, 1.54) is 5.96 Å². The highest BCUT2D eigenvalue weighted by molar-refractivity contribution is 5.77. The van der Waals surface area contributed by atoms with E-state index in [2.05, 4.69) is 49.5 Å². The van der Waals surface area contributed by atoms with E-state index in [4.69, 9.17) is 0 Å². The van der Waals surface area contributed by atoms with Crippen molar-refractivity contribution < 1.29 is 4.58 Å². The summed E-state index contributed by atoms with van der Waals surface area (Å²) in [5.41, 5.74) is 0. The molecular weight excluding hydrogens is 138 g/mol. The monoisotopic (exact) mass is 156 g/mol. The second kappa shape index (κ2) is 2.72. The highest BCUT2D eigenvalue weighted by Crippen LogP contribution is 2.09. The summed E-state index contributed by atoms with van der Waals surface area (Å²) in [6.07, 6.45) is 0. The fraction of sp³-hybridized carbons (Fsp3) is 0.875. The van der Waals surface area contributed by atoms with Gasteiger partial charge in [-0.25, -0.2) is 0 Å². The Morgan fingerprint density at radius 2 is 1.91 bits per heavy atom. The molecule has 0 spiro atoms. The van der Waals surface area contributed by atoms with Crippen molar-refractivity contribution >= 4 is 5.96 Å². The quantitative estimate of drug-likeness (QED) is 0.452. The van der Waals surface area contributed by atoms with Gasteiger partial charge in [-0.3, -0.25) is 14.4 Å². The first-order valence-corrected chi connectivity index (χ1v) is 4.02. The molecule has 1 fully saturated rings. The lowest BCUT2D eigenvalue weighted by atomic mass is 10.3. The summed E-state index contributed by atoms with van der Waals surface area (Å²) in [5, 5.41) is 0. The van der Waals surface area contributed by atoms with Crippen molar-refractivity contribution in [1.29, 1.82) is 0 Å². The zero-order valence-electron chi connectivity index (χ0n) is 8.13. The third-order valence-corrected chi connectivity index (χ3v) is 2.26. The van der Waals surface area contributed by atoms with Crippen LogP contribution in [-0.4, -0.2) is 61.1 Å². The Morgan fingerprint density at radius 1 is 1.36 bits per heavy atom. The molecule has 1 rings (SSSR count). The van der Waals surface area contributed by atoms with Crippen LogP contribution in [0.3, 0.4) is 0 Å².